The van der Waals surface area contributed by atoms with Crippen molar-refractivity contribution >= 4 is 5.97 Å². The fraction of sp³-hybridized carbons (Fsp3) is 0.588. The second kappa shape index (κ2) is 5.97. The van der Waals surface area contributed by atoms with E-state index in [2.05, 4.69) is 16.8 Å². The van der Waals surface area contributed by atoms with Gasteiger partial charge < -0.3 is 10.0 Å². The molecule has 2 heterocycles. The zero-order chi connectivity index (χ0) is 15.7. The summed E-state index contributed by atoms with van der Waals surface area (Å²) in [6.07, 6.45) is 1.89. The third kappa shape index (κ3) is 3.01. The molecule has 0 unspecified atom stereocenters. The highest BCUT2D eigenvalue weighted by Crippen LogP contribution is 2.45. The molecule has 0 saturated carbocycles. The van der Waals surface area contributed by atoms with Gasteiger partial charge >= 0.3 is 5.97 Å². The molecule has 1 aromatic rings. The van der Waals surface area contributed by atoms with Crippen LogP contribution >= 0.6 is 0 Å². The van der Waals surface area contributed by atoms with E-state index in [1.54, 1.807) is 12.1 Å². The number of hydrogen-bond donors (Lipinski definition) is 1. The van der Waals surface area contributed by atoms with Crippen molar-refractivity contribution in [2.24, 2.45) is 11.3 Å². The van der Waals surface area contributed by atoms with Crippen LogP contribution in [-0.4, -0.2) is 54.1 Å². The standard InChI is InChI=1S/C17H23FN2O2/c1-19-8-6-17(7-9-19)12-20(11-15(17)16(21)22)10-13-2-4-14(18)5-3-13/h2-5,15H,6-12H2,1H3,(H,21,22)/t15-/m1/s1. The van der Waals surface area contributed by atoms with Crippen LogP contribution in [0.1, 0.15) is 18.4 Å². The smallest absolute Gasteiger partial charge is 0.308 e. The highest BCUT2D eigenvalue weighted by atomic mass is 19.1. The minimum Gasteiger partial charge on any atom is -0.481 e. The Morgan fingerprint density at radius 2 is 1.95 bits per heavy atom. The molecule has 5 heteroatoms. The summed E-state index contributed by atoms with van der Waals surface area (Å²) in [5.74, 6) is -1.20. The first-order chi connectivity index (χ1) is 10.5. The van der Waals surface area contributed by atoms with Gasteiger partial charge in [0.05, 0.1) is 5.92 Å². The fourth-order valence-corrected chi connectivity index (χ4v) is 3.95. The van der Waals surface area contributed by atoms with Gasteiger partial charge in [0, 0.05) is 25.0 Å². The van der Waals surface area contributed by atoms with Crippen LogP contribution in [0, 0.1) is 17.2 Å². The van der Waals surface area contributed by atoms with Gasteiger partial charge in [0.1, 0.15) is 5.82 Å². The van der Waals surface area contributed by atoms with Crippen LogP contribution in [0.25, 0.3) is 0 Å². The van der Waals surface area contributed by atoms with Crippen molar-refractivity contribution in [1.82, 2.24) is 9.80 Å². The van der Waals surface area contributed by atoms with Crippen LogP contribution in [0.15, 0.2) is 24.3 Å². The Kier molecular flexibility index (Phi) is 4.19. The lowest BCUT2D eigenvalue weighted by molar-refractivity contribution is -0.145. The average Bonchev–Trinajstić information content (AvgIpc) is 2.83. The molecule has 3 rings (SSSR count). The van der Waals surface area contributed by atoms with E-state index >= 15 is 0 Å². The zero-order valence-electron chi connectivity index (χ0n) is 13.0. The predicted octanol–water partition coefficient (Wildman–Crippen LogP) is 2.05. The number of rotatable bonds is 3. The van der Waals surface area contributed by atoms with Crippen molar-refractivity contribution in [3.05, 3.63) is 35.6 Å². The van der Waals surface area contributed by atoms with Gasteiger partial charge in [-0.05, 0) is 50.7 Å². The third-order valence-electron chi connectivity index (χ3n) is 5.32. The summed E-state index contributed by atoms with van der Waals surface area (Å²) < 4.78 is 13.0. The Hall–Kier alpha value is -1.46. The topological polar surface area (TPSA) is 43.8 Å². The molecule has 1 spiro atoms. The molecule has 2 aliphatic heterocycles. The molecular weight excluding hydrogens is 283 g/mol. The minimum atomic E-state index is -0.675. The van der Waals surface area contributed by atoms with Crippen molar-refractivity contribution in [3.63, 3.8) is 0 Å². The van der Waals surface area contributed by atoms with Crippen LogP contribution in [0.5, 0.6) is 0 Å². The Balaban J connectivity index is 1.73. The molecule has 0 bridgehead atoms. The van der Waals surface area contributed by atoms with Crippen LogP contribution < -0.4 is 0 Å². The maximum atomic E-state index is 13.0. The molecule has 2 aliphatic rings. The summed E-state index contributed by atoms with van der Waals surface area (Å²) in [5.41, 5.74) is 0.939. The molecule has 1 N–H and O–H groups in total. The van der Waals surface area contributed by atoms with E-state index in [0.29, 0.717) is 13.1 Å². The molecule has 22 heavy (non-hydrogen) atoms. The van der Waals surface area contributed by atoms with Crippen molar-refractivity contribution in [2.45, 2.75) is 19.4 Å². The summed E-state index contributed by atoms with van der Waals surface area (Å²) in [6.45, 7) is 4.05. The highest BCUT2D eigenvalue weighted by Gasteiger charge is 2.50. The number of likely N-dealkylation sites (tertiary alicyclic amines) is 2. The molecule has 0 radical (unpaired) electrons. The van der Waals surface area contributed by atoms with Gasteiger partial charge in [-0.1, -0.05) is 12.1 Å². The Labute approximate surface area is 130 Å². The van der Waals surface area contributed by atoms with Crippen molar-refractivity contribution < 1.29 is 14.3 Å². The van der Waals surface area contributed by atoms with Gasteiger partial charge in [-0.15, -0.1) is 0 Å². The molecule has 1 atom stereocenters. The van der Waals surface area contributed by atoms with Crippen molar-refractivity contribution in [1.29, 1.82) is 0 Å². The summed E-state index contributed by atoms with van der Waals surface area (Å²) in [4.78, 5) is 16.2. The van der Waals surface area contributed by atoms with Gasteiger partial charge in [-0.2, -0.15) is 0 Å². The summed E-state index contributed by atoms with van der Waals surface area (Å²) >= 11 is 0. The molecule has 0 amide bonds. The van der Waals surface area contributed by atoms with Crippen molar-refractivity contribution in [2.75, 3.05) is 33.2 Å². The van der Waals surface area contributed by atoms with Gasteiger partial charge in [-0.25, -0.2) is 4.39 Å². The number of carboxylic acid groups (broad SMARTS) is 1. The Morgan fingerprint density at radius 3 is 2.55 bits per heavy atom. The molecule has 0 aliphatic carbocycles. The van der Waals surface area contributed by atoms with Gasteiger partial charge in [0.15, 0.2) is 0 Å². The van der Waals surface area contributed by atoms with Crippen molar-refractivity contribution in [3.8, 4) is 0 Å². The van der Waals surface area contributed by atoms with E-state index in [1.165, 1.54) is 12.1 Å². The highest BCUT2D eigenvalue weighted by molar-refractivity contribution is 5.72. The number of hydrogen-bond acceptors (Lipinski definition) is 3. The largest absolute Gasteiger partial charge is 0.481 e. The van der Waals surface area contributed by atoms with E-state index in [4.69, 9.17) is 0 Å². The minimum absolute atomic E-state index is 0.0988. The number of carboxylic acids is 1. The predicted molar refractivity (Wildman–Crippen MR) is 82.0 cm³/mol. The van der Waals surface area contributed by atoms with E-state index in [0.717, 1.165) is 38.0 Å². The normalized spacial score (nSPS) is 25.6. The first-order valence-electron chi connectivity index (χ1n) is 7.87. The lowest BCUT2D eigenvalue weighted by atomic mass is 9.71. The maximum absolute atomic E-state index is 13.0. The molecule has 4 nitrogen and oxygen atoms in total. The Morgan fingerprint density at radius 1 is 1.32 bits per heavy atom. The first kappa shape index (κ1) is 15.4. The van der Waals surface area contributed by atoms with Gasteiger partial charge in [0.25, 0.3) is 0 Å². The second-order valence-electron chi connectivity index (χ2n) is 6.85. The molecule has 2 fully saturated rings. The Bertz CT molecular complexity index is 538. The number of benzene rings is 1. The molecule has 1 aromatic carbocycles. The number of carbonyl (C=O) groups is 1. The summed E-state index contributed by atoms with van der Waals surface area (Å²) in [5, 5.41) is 9.63. The number of halogens is 1. The van der Waals surface area contributed by atoms with E-state index < -0.39 is 5.97 Å². The molecule has 2 saturated heterocycles. The fourth-order valence-electron chi connectivity index (χ4n) is 3.95. The molecular formula is C17H23FN2O2. The first-order valence-corrected chi connectivity index (χ1v) is 7.87. The SMILES string of the molecule is CN1CCC2(CC1)CN(Cc1ccc(F)cc1)C[C@@H]2C(=O)O. The van der Waals surface area contributed by atoms with Crippen LogP contribution in [0.4, 0.5) is 4.39 Å². The van der Waals surface area contributed by atoms with Crippen LogP contribution in [-0.2, 0) is 11.3 Å². The molecule has 120 valence electrons. The third-order valence-corrected chi connectivity index (χ3v) is 5.32. The zero-order valence-corrected chi connectivity index (χ0v) is 13.0. The lowest BCUT2D eigenvalue weighted by Gasteiger charge is -2.40. The van der Waals surface area contributed by atoms with E-state index in [1.807, 2.05) is 0 Å². The van der Waals surface area contributed by atoms with Crippen LogP contribution in [0.3, 0.4) is 0 Å². The summed E-state index contributed by atoms with van der Waals surface area (Å²) in [7, 11) is 2.09. The number of nitrogens with zero attached hydrogens (tertiary/aromatic N) is 2. The average molecular weight is 306 g/mol. The van der Waals surface area contributed by atoms with Gasteiger partial charge in [0.2, 0.25) is 0 Å². The lowest BCUT2D eigenvalue weighted by Crippen LogP contribution is -2.44. The number of aliphatic carboxylic acids is 1. The summed E-state index contributed by atoms with van der Waals surface area (Å²) in [6, 6.07) is 6.49. The van der Waals surface area contributed by atoms with E-state index in [9.17, 15) is 14.3 Å². The monoisotopic (exact) mass is 306 g/mol. The van der Waals surface area contributed by atoms with E-state index in [-0.39, 0.29) is 17.2 Å². The second-order valence-corrected chi connectivity index (χ2v) is 6.85. The van der Waals surface area contributed by atoms with Gasteiger partial charge in [-0.3, -0.25) is 9.69 Å². The molecule has 0 aromatic heterocycles. The number of piperidine rings is 1. The quantitative estimate of drug-likeness (QED) is 0.928. The maximum Gasteiger partial charge on any atom is 0.308 e. The van der Waals surface area contributed by atoms with Crippen LogP contribution in [0.2, 0.25) is 0 Å².